The minimum atomic E-state index is -0.381. The summed E-state index contributed by atoms with van der Waals surface area (Å²) >= 11 is 0. The first-order valence-corrected chi connectivity index (χ1v) is 7.25. The van der Waals surface area contributed by atoms with Gasteiger partial charge in [0.2, 0.25) is 5.78 Å². The van der Waals surface area contributed by atoms with E-state index in [9.17, 15) is 9.59 Å². The Kier molecular flexibility index (Phi) is 9.43. The smallest absolute Gasteiger partial charge is 0.291 e. The van der Waals surface area contributed by atoms with Crippen LogP contribution in [0.25, 0.3) is 0 Å². The lowest BCUT2D eigenvalue weighted by Gasteiger charge is -2.38. The Balaban J connectivity index is 0.00000154. The van der Waals surface area contributed by atoms with Crippen molar-refractivity contribution in [3.8, 4) is 0 Å². The van der Waals surface area contributed by atoms with Crippen LogP contribution in [0.4, 0.5) is 0 Å². The molecule has 1 unspecified atom stereocenters. The van der Waals surface area contributed by atoms with E-state index in [4.69, 9.17) is 4.74 Å². The second-order valence-electron chi connectivity index (χ2n) is 4.28. The molecule has 5 nitrogen and oxygen atoms in total. The third kappa shape index (κ3) is 5.28. The number of Topliss-reactive ketones (excluding diaryl/α,β-unsaturated/α-hetero) is 1. The van der Waals surface area contributed by atoms with Crippen LogP contribution in [0.2, 0.25) is 0 Å². The Hall–Kier alpha value is -0.940. The van der Waals surface area contributed by atoms with Crippen molar-refractivity contribution in [1.29, 1.82) is 0 Å². The summed E-state index contributed by atoms with van der Waals surface area (Å²) in [7, 11) is 1.71. The third-order valence-corrected chi connectivity index (χ3v) is 2.99. The van der Waals surface area contributed by atoms with Crippen molar-refractivity contribution in [3.05, 3.63) is 0 Å². The standard InChI is InChI=1S/C12H22N2O3.C2H6/c1-4-6-10(13-3)11(15)12(16)14-7-9(8-14)17-5-2;1-2/h9-10,13H,4-8H2,1-3H3;1-2H3. The number of rotatable bonds is 7. The fourth-order valence-electron chi connectivity index (χ4n) is 1.95. The predicted octanol–water partition coefficient (Wildman–Crippen LogP) is 1.22. The van der Waals surface area contributed by atoms with E-state index in [1.165, 1.54) is 0 Å². The van der Waals surface area contributed by atoms with E-state index >= 15 is 0 Å². The van der Waals surface area contributed by atoms with Crippen LogP contribution in [-0.4, -0.2) is 55.5 Å². The average Bonchev–Trinajstić information content (AvgIpc) is 2.40. The van der Waals surface area contributed by atoms with Gasteiger partial charge in [0.15, 0.2) is 0 Å². The van der Waals surface area contributed by atoms with Crippen molar-refractivity contribution in [2.75, 3.05) is 26.7 Å². The van der Waals surface area contributed by atoms with E-state index in [0.29, 0.717) is 26.1 Å². The number of carbonyl (C=O) groups excluding carboxylic acids is 2. The number of carbonyl (C=O) groups is 2. The summed E-state index contributed by atoms with van der Waals surface area (Å²) in [4.78, 5) is 25.3. The lowest BCUT2D eigenvalue weighted by Crippen LogP contribution is -2.58. The molecule has 0 saturated carbocycles. The minimum absolute atomic E-state index is 0.107. The number of hydrogen-bond acceptors (Lipinski definition) is 4. The SMILES string of the molecule is CC.CCCC(NC)C(=O)C(=O)N1CC(OCC)C1. The van der Waals surface area contributed by atoms with Crippen molar-refractivity contribution in [2.24, 2.45) is 0 Å². The molecule has 112 valence electrons. The molecule has 1 heterocycles. The zero-order valence-electron chi connectivity index (χ0n) is 12.9. The number of amides is 1. The molecule has 5 heteroatoms. The van der Waals surface area contributed by atoms with Gasteiger partial charge in [-0.25, -0.2) is 0 Å². The number of likely N-dealkylation sites (tertiary alicyclic amines) is 1. The molecule has 0 bridgehead atoms. The van der Waals surface area contributed by atoms with Crippen molar-refractivity contribution >= 4 is 11.7 Å². The highest BCUT2D eigenvalue weighted by Crippen LogP contribution is 2.13. The van der Waals surface area contributed by atoms with Crippen LogP contribution in [-0.2, 0) is 14.3 Å². The number of ketones is 1. The molecule has 1 atom stereocenters. The van der Waals surface area contributed by atoms with E-state index in [0.717, 1.165) is 6.42 Å². The first-order chi connectivity index (χ1) is 9.13. The molecule has 1 N–H and O–H groups in total. The molecular weight excluding hydrogens is 244 g/mol. The van der Waals surface area contributed by atoms with Gasteiger partial charge in [-0.05, 0) is 20.4 Å². The van der Waals surface area contributed by atoms with E-state index in [2.05, 4.69) is 5.32 Å². The summed E-state index contributed by atoms with van der Waals surface area (Å²) in [5.41, 5.74) is 0. The van der Waals surface area contributed by atoms with Crippen LogP contribution >= 0.6 is 0 Å². The first kappa shape index (κ1) is 18.1. The normalized spacial score (nSPS) is 16.2. The molecule has 0 radical (unpaired) electrons. The Bertz CT molecular complexity index is 276. The van der Waals surface area contributed by atoms with E-state index in [1.54, 1.807) is 11.9 Å². The van der Waals surface area contributed by atoms with Crippen LogP contribution in [0.15, 0.2) is 0 Å². The van der Waals surface area contributed by atoms with Crippen LogP contribution < -0.4 is 5.32 Å². The first-order valence-electron chi connectivity index (χ1n) is 7.25. The largest absolute Gasteiger partial charge is 0.375 e. The van der Waals surface area contributed by atoms with Gasteiger partial charge >= 0.3 is 0 Å². The van der Waals surface area contributed by atoms with E-state index in [1.807, 2.05) is 27.7 Å². The van der Waals surface area contributed by atoms with Gasteiger partial charge in [-0.3, -0.25) is 9.59 Å². The number of nitrogens with one attached hydrogen (secondary N) is 1. The van der Waals surface area contributed by atoms with Gasteiger partial charge in [0.25, 0.3) is 5.91 Å². The monoisotopic (exact) mass is 272 g/mol. The molecule has 0 aromatic carbocycles. The van der Waals surface area contributed by atoms with Crippen LogP contribution in [0.1, 0.15) is 40.5 Å². The van der Waals surface area contributed by atoms with Crippen LogP contribution in [0.5, 0.6) is 0 Å². The average molecular weight is 272 g/mol. The third-order valence-electron chi connectivity index (χ3n) is 2.99. The summed E-state index contributed by atoms with van der Waals surface area (Å²) in [5, 5.41) is 2.89. The lowest BCUT2D eigenvalue weighted by atomic mass is 10.0. The highest BCUT2D eigenvalue weighted by molar-refractivity contribution is 6.38. The maximum absolute atomic E-state index is 11.9. The van der Waals surface area contributed by atoms with Gasteiger partial charge in [0.05, 0.1) is 12.1 Å². The maximum atomic E-state index is 11.9. The van der Waals surface area contributed by atoms with E-state index in [-0.39, 0.29) is 23.8 Å². The number of hydrogen-bond donors (Lipinski definition) is 1. The Morgan fingerprint density at radius 3 is 2.32 bits per heavy atom. The van der Waals surface area contributed by atoms with Gasteiger partial charge in [0.1, 0.15) is 0 Å². The van der Waals surface area contributed by atoms with Crippen molar-refractivity contribution < 1.29 is 14.3 Å². The molecule has 0 aromatic rings. The van der Waals surface area contributed by atoms with Crippen LogP contribution in [0.3, 0.4) is 0 Å². The summed E-state index contributed by atoms with van der Waals surface area (Å²) in [5.74, 6) is -0.710. The molecule has 1 aliphatic rings. The predicted molar refractivity (Wildman–Crippen MR) is 76.1 cm³/mol. The molecule has 1 rings (SSSR count). The molecule has 1 fully saturated rings. The highest BCUT2D eigenvalue weighted by atomic mass is 16.5. The Labute approximate surface area is 116 Å². The van der Waals surface area contributed by atoms with Gasteiger partial charge in [-0.15, -0.1) is 0 Å². The van der Waals surface area contributed by atoms with Crippen molar-refractivity contribution in [2.45, 2.75) is 52.7 Å². The second kappa shape index (κ2) is 9.92. The molecule has 0 aliphatic carbocycles. The fraction of sp³-hybridized carbons (Fsp3) is 0.857. The molecule has 1 amide bonds. The Morgan fingerprint density at radius 1 is 1.32 bits per heavy atom. The quantitative estimate of drug-likeness (QED) is 0.708. The molecule has 1 aliphatic heterocycles. The van der Waals surface area contributed by atoms with Crippen LogP contribution in [0, 0.1) is 0 Å². The number of ether oxygens (including phenoxy) is 1. The summed E-state index contributed by atoms with van der Waals surface area (Å²) in [6, 6.07) is -0.348. The summed E-state index contributed by atoms with van der Waals surface area (Å²) in [6.07, 6.45) is 1.69. The second-order valence-corrected chi connectivity index (χ2v) is 4.28. The highest BCUT2D eigenvalue weighted by Gasteiger charge is 2.36. The van der Waals surface area contributed by atoms with Crippen molar-refractivity contribution in [1.82, 2.24) is 10.2 Å². The van der Waals surface area contributed by atoms with Gasteiger partial charge in [-0.2, -0.15) is 0 Å². The fourth-order valence-corrected chi connectivity index (χ4v) is 1.95. The van der Waals surface area contributed by atoms with Crippen molar-refractivity contribution in [3.63, 3.8) is 0 Å². The van der Waals surface area contributed by atoms with Gasteiger partial charge in [0, 0.05) is 19.7 Å². The molecule has 0 spiro atoms. The van der Waals surface area contributed by atoms with Gasteiger partial charge in [-0.1, -0.05) is 27.2 Å². The summed E-state index contributed by atoms with van der Waals surface area (Å²) < 4.78 is 5.35. The molecule has 19 heavy (non-hydrogen) atoms. The topological polar surface area (TPSA) is 58.6 Å². The van der Waals surface area contributed by atoms with Gasteiger partial charge < -0.3 is 15.0 Å². The zero-order chi connectivity index (χ0) is 14.8. The lowest BCUT2D eigenvalue weighted by molar-refractivity contribution is -0.154. The Morgan fingerprint density at radius 2 is 1.89 bits per heavy atom. The number of likely N-dealkylation sites (N-methyl/N-ethyl adjacent to an activating group) is 1. The maximum Gasteiger partial charge on any atom is 0.291 e. The molecule has 0 aromatic heterocycles. The zero-order valence-corrected chi connectivity index (χ0v) is 12.9. The molecular formula is C14H28N2O3. The minimum Gasteiger partial charge on any atom is -0.375 e. The number of nitrogens with zero attached hydrogens (tertiary/aromatic N) is 1. The summed E-state index contributed by atoms with van der Waals surface area (Å²) in [6.45, 7) is 9.66. The molecule has 1 saturated heterocycles. The van der Waals surface area contributed by atoms with E-state index < -0.39 is 0 Å².